The van der Waals surface area contributed by atoms with E-state index in [-0.39, 0.29) is 23.5 Å². The molecule has 0 radical (unpaired) electrons. The van der Waals surface area contributed by atoms with Gasteiger partial charge in [0.15, 0.2) is 29.1 Å². The van der Waals surface area contributed by atoms with Gasteiger partial charge in [0.1, 0.15) is 0 Å². The number of carbonyl (C=O) groups excluding carboxylic acids is 1. The van der Waals surface area contributed by atoms with Crippen LogP contribution >= 0.6 is 0 Å². The van der Waals surface area contributed by atoms with Gasteiger partial charge < -0.3 is 31.4 Å². The van der Waals surface area contributed by atoms with Crippen LogP contribution in [0.25, 0.3) is 0 Å². The Morgan fingerprint density at radius 1 is 1.18 bits per heavy atom. The molecule has 1 fully saturated rings. The minimum absolute atomic E-state index is 0.0461. The molecule has 5 rings (SSSR count). The summed E-state index contributed by atoms with van der Waals surface area (Å²) in [4.78, 5) is 43.5. The number of hydrogen-bond donors (Lipinski definition) is 4. The summed E-state index contributed by atoms with van der Waals surface area (Å²) in [5.74, 6) is 1.63. The van der Waals surface area contributed by atoms with E-state index in [1.165, 1.54) is 0 Å². The number of likely N-dealkylation sites (tertiary alicyclic amines) is 1. The van der Waals surface area contributed by atoms with Crippen molar-refractivity contribution >= 4 is 23.2 Å². The molecule has 1 aromatic carbocycles. The molecule has 1 atom stereocenters. The molecule has 39 heavy (non-hydrogen) atoms. The summed E-state index contributed by atoms with van der Waals surface area (Å²) in [6.07, 6.45) is 10.7. The Balaban J connectivity index is 1.21. The number of carbonyl (C=O) groups is 1. The molecule has 3 aromatic rings. The number of imidazole rings is 1. The fourth-order valence-electron chi connectivity index (χ4n) is 5.16. The molecule has 12 heteroatoms. The maximum Gasteiger partial charge on any atom is 0.350 e. The SMILES string of the molecule is NC(N)=NCCCN1CCCC(n2cc3c(nc2=O)Nc2cc(C(=O)CCCc4cnc[nH]4)ccc2O3)CC1. The quantitative estimate of drug-likeness (QED) is 0.104. The van der Waals surface area contributed by atoms with Crippen molar-refractivity contribution in [3.05, 3.63) is 58.7 Å². The summed E-state index contributed by atoms with van der Waals surface area (Å²) in [5, 5.41) is 3.19. The molecule has 206 valence electrons. The van der Waals surface area contributed by atoms with Gasteiger partial charge in [0, 0.05) is 43.0 Å². The van der Waals surface area contributed by atoms with E-state index in [2.05, 4.69) is 30.2 Å². The number of fused-ring (bicyclic) bond motifs is 2. The number of nitrogens with zero attached hydrogens (tertiary/aromatic N) is 5. The Labute approximate surface area is 226 Å². The lowest BCUT2D eigenvalue weighted by Crippen LogP contribution is -2.30. The van der Waals surface area contributed by atoms with E-state index in [0.29, 0.717) is 41.5 Å². The molecule has 6 N–H and O–H groups in total. The van der Waals surface area contributed by atoms with E-state index in [9.17, 15) is 9.59 Å². The second kappa shape index (κ2) is 12.1. The Morgan fingerprint density at radius 3 is 2.90 bits per heavy atom. The van der Waals surface area contributed by atoms with Gasteiger partial charge in [-0.15, -0.1) is 0 Å². The van der Waals surface area contributed by atoms with Crippen LogP contribution in [0.3, 0.4) is 0 Å². The Kier molecular flexibility index (Phi) is 8.21. The molecule has 0 bridgehead atoms. The average molecular weight is 534 g/mol. The summed E-state index contributed by atoms with van der Waals surface area (Å²) >= 11 is 0. The first-order valence-electron chi connectivity index (χ1n) is 13.5. The van der Waals surface area contributed by atoms with Gasteiger partial charge in [-0.1, -0.05) is 0 Å². The Hall–Kier alpha value is -4.19. The third kappa shape index (κ3) is 6.63. The molecule has 2 aliphatic heterocycles. The van der Waals surface area contributed by atoms with E-state index >= 15 is 0 Å². The topological polar surface area (TPSA) is 170 Å². The van der Waals surface area contributed by atoms with E-state index in [4.69, 9.17) is 16.2 Å². The molecule has 0 aliphatic carbocycles. The van der Waals surface area contributed by atoms with Crippen molar-refractivity contribution in [1.29, 1.82) is 0 Å². The number of aliphatic imine (C=N–C) groups is 1. The summed E-state index contributed by atoms with van der Waals surface area (Å²) in [6, 6.07) is 5.37. The fraction of sp³-hybridized carbons (Fsp3) is 0.444. The maximum atomic E-state index is 13.0. The molecule has 1 saturated heterocycles. The van der Waals surface area contributed by atoms with Crippen LogP contribution in [0, 0.1) is 0 Å². The number of H-pyrrole nitrogens is 1. The molecule has 2 aromatic heterocycles. The van der Waals surface area contributed by atoms with Crippen LogP contribution in [0.4, 0.5) is 11.5 Å². The number of aromatic nitrogens is 4. The first-order chi connectivity index (χ1) is 19.0. The second-order valence-electron chi connectivity index (χ2n) is 10.0. The molecule has 1 unspecified atom stereocenters. The van der Waals surface area contributed by atoms with E-state index < -0.39 is 0 Å². The van der Waals surface area contributed by atoms with Crippen LogP contribution in [-0.2, 0) is 6.42 Å². The number of rotatable bonds is 10. The standard InChI is InChI=1S/C27H35N9O3/c28-26(29)31-10-3-12-35-11-2-5-20(9-13-35)36-16-24-25(34-27(36)38)33-21-14-18(7-8-23(21)39-24)22(37)6-1-4-19-15-30-17-32-19/h7-8,14-17,20H,1-6,9-13H2,(H,30,32)(H4,28,29,31)(H,33,34,38). The lowest BCUT2D eigenvalue weighted by atomic mass is 10.0. The van der Waals surface area contributed by atoms with Crippen LogP contribution in [0.1, 0.15) is 60.6 Å². The monoisotopic (exact) mass is 533 g/mol. The zero-order valence-corrected chi connectivity index (χ0v) is 21.9. The van der Waals surface area contributed by atoms with Gasteiger partial charge >= 0.3 is 5.69 Å². The lowest BCUT2D eigenvalue weighted by Gasteiger charge is -2.24. The Bertz CT molecular complexity index is 1380. The van der Waals surface area contributed by atoms with E-state index in [1.807, 2.05) is 0 Å². The zero-order valence-electron chi connectivity index (χ0n) is 21.9. The number of aromatic amines is 1. The number of Topliss-reactive ketones (excluding diaryl/α,β-unsaturated/α-hetero) is 1. The second-order valence-corrected chi connectivity index (χ2v) is 10.0. The van der Waals surface area contributed by atoms with Crippen molar-refractivity contribution in [2.24, 2.45) is 16.5 Å². The van der Waals surface area contributed by atoms with Crippen molar-refractivity contribution < 1.29 is 9.53 Å². The molecule has 0 spiro atoms. The number of anilines is 2. The molecule has 0 saturated carbocycles. The van der Waals surface area contributed by atoms with Crippen LogP contribution < -0.4 is 27.2 Å². The molecular formula is C27H35N9O3. The number of aryl methyl sites for hydroxylation is 1. The first-order valence-corrected chi connectivity index (χ1v) is 13.5. The number of ether oxygens (including phenoxy) is 1. The maximum absolute atomic E-state index is 13.0. The van der Waals surface area contributed by atoms with E-state index in [0.717, 1.165) is 63.9 Å². The summed E-state index contributed by atoms with van der Waals surface area (Å²) in [7, 11) is 0. The van der Waals surface area contributed by atoms with Crippen LogP contribution in [-0.4, -0.2) is 62.3 Å². The summed E-state index contributed by atoms with van der Waals surface area (Å²) in [6.45, 7) is 3.39. The number of benzene rings is 1. The average Bonchev–Trinajstić information content (AvgIpc) is 3.33. The molecule has 2 aliphatic rings. The molecular weight excluding hydrogens is 498 g/mol. The highest BCUT2D eigenvalue weighted by Gasteiger charge is 2.25. The van der Waals surface area contributed by atoms with Crippen molar-refractivity contribution in [2.45, 2.75) is 51.0 Å². The number of nitrogens with one attached hydrogen (secondary N) is 2. The first kappa shape index (κ1) is 26.4. The predicted molar refractivity (Wildman–Crippen MR) is 149 cm³/mol. The smallest absolute Gasteiger partial charge is 0.350 e. The molecule has 0 amide bonds. The van der Waals surface area contributed by atoms with Crippen LogP contribution in [0.2, 0.25) is 0 Å². The molecule has 12 nitrogen and oxygen atoms in total. The largest absolute Gasteiger partial charge is 0.450 e. The highest BCUT2D eigenvalue weighted by Crippen LogP contribution is 2.41. The third-order valence-electron chi connectivity index (χ3n) is 7.21. The van der Waals surface area contributed by atoms with Crippen molar-refractivity contribution in [2.75, 3.05) is 31.5 Å². The minimum atomic E-state index is -0.314. The van der Waals surface area contributed by atoms with Gasteiger partial charge in [-0.3, -0.25) is 14.4 Å². The highest BCUT2D eigenvalue weighted by molar-refractivity contribution is 5.97. The lowest BCUT2D eigenvalue weighted by molar-refractivity contribution is 0.0980. The van der Waals surface area contributed by atoms with Crippen LogP contribution in [0.5, 0.6) is 11.5 Å². The number of guanidine groups is 1. The summed E-state index contributed by atoms with van der Waals surface area (Å²) in [5.41, 5.74) is 12.7. The van der Waals surface area contributed by atoms with Gasteiger partial charge in [0.05, 0.1) is 18.2 Å². The Morgan fingerprint density at radius 2 is 2.08 bits per heavy atom. The van der Waals surface area contributed by atoms with Gasteiger partial charge in [0.25, 0.3) is 0 Å². The summed E-state index contributed by atoms with van der Waals surface area (Å²) < 4.78 is 7.82. The number of hydrogen-bond acceptors (Lipinski definition) is 8. The van der Waals surface area contributed by atoms with Crippen molar-refractivity contribution in [1.82, 2.24) is 24.4 Å². The van der Waals surface area contributed by atoms with Crippen molar-refractivity contribution in [3.63, 3.8) is 0 Å². The zero-order chi connectivity index (χ0) is 27.2. The van der Waals surface area contributed by atoms with Gasteiger partial charge in [-0.05, 0) is 69.8 Å². The van der Waals surface area contributed by atoms with Gasteiger partial charge in [0.2, 0.25) is 0 Å². The molecule has 4 heterocycles. The third-order valence-corrected chi connectivity index (χ3v) is 7.21. The van der Waals surface area contributed by atoms with Gasteiger partial charge in [-0.25, -0.2) is 9.78 Å². The van der Waals surface area contributed by atoms with Crippen LogP contribution in [0.15, 0.2) is 46.7 Å². The van der Waals surface area contributed by atoms with Crippen molar-refractivity contribution in [3.8, 4) is 11.5 Å². The highest BCUT2D eigenvalue weighted by atomic mass is 16.5. The van der Waals surface area contributed by atoms with E-state index in [1.54, 1.807) is 41.5 Å². The number of nitrogens with two attached hydrogens (primary N) is 2. The predicted octanol–water partition coefficient (Wildman–Crippen LogP) is 2.71. The fourth-order valence-corrected chi connectivity index (χ4v) is 5.16. The normalized spacial score (nSPS) is 16.8. The van der Waals surface area contributed by atoms with Gasteiger partial charge in [-0.2, -0.15) is 4.98 Å². The number of ketones is 1. The minimum Gasteiger partial charge on any atom is -0.450 e.